The normalized spacial score (nSPS) is 11.6. The van der Waals surface area contributed by atoms with Gasteiger partial charge in [0.25, 0.3) is 0 Å². The highest BCUT2D eigenvalue weighted by atomic mass is 35.5. The third-order valence-electron chi connectivity index (χ3n) is 4.53. The van der Waals surface area contributed by atoms with Crippen LogP contribution in [0.3, 0.4) is 0 Å². The van der Waals surface area contributed by atoms with Crippen LogP contribution < -0.4 is 10.1 Å². The lowest BCUT2D eigenvalue weighted by Crippen LogP contribution is -2.47. The highest BCUT2D eigenvalue weighted by Crippen LogP contribution is 2.16. The highest BCUT2D eigenvalue weighted by Gasteiger charge is 2.25. The number of nitrogens with zero attached hydrogens (tertiary/aromatic N) is 1. The smallest absolute Gasteiger partial charge is 0.242 e. The lowest BCUT2D eigenvalue weighted by Gasteiger charge is -2.29. The molecule has 2 amide bonds. The summed E-state index contributed by atoms with van der Waals surface area (Å²) < 4.78 is 5.66. The molecule has 156 valence electrons. The van der Waals surface area contributed by atoms with Crippen molar-refractivity contribution in [2.75, 3.05) is 13.2 Å². The second kappa shape index (κ2) is 12.1. The van der Waals surface area contributed by atoms with E-state index in [1.807, 2.05) is 37.3 Å². The van der Waals surface area contributed by atoms with Gasteiger partial charge in [0, 0.05) is 24.5 Å². The maximum absolute atomic E-state index is 12.9. The van der Waals surface area contributed by atoms with Crippen molar-refractivity contribution in [3.63, 3.8) is 0 Å². The molecule has 1 N–H and O–H groups in total. The molecule has 0 saturated heterocycles. The molecule has 0 radical (unpaired) electrons. The number of carbonyl (C=O) groups excluding carboxylic acids is 2. The van der Waals surface area contributed by atoms with E-state index in [4.69, 9.17) is 16.3 Å². The van der Waals surface area contributed by atoms with E-state index in [0.717, 1.165) is 17.7 Å². The van der Waals surface area contributed by atoms with Crippen molar-refractivity contribution in [2.45, 2.75) is 45.7 Å². The minimum atomic E-state index is -0.536. The molecule has 0 unspecified atom stereocenters. The van der Waals surface area contributed by atoms with Crippen LogP contribution >= 0.6 is 11.6 Å². The fraction of sp³-hybridized carbons (Fsp3) is 0.391. The fourth-order valence-corrected chi connectivity index (χ4v) is 2.97. The number of halogens is 1. The van der Waals surface area contributed by atoms with Gasteiger partial charge in [-0.2, -0.15) is 0 Å². The number of carbonyl (C=O) groups is 2. The van der Waals surface area contributed by atoms with Gasteiger partial charge < -0.3 is 15.0 Å². The number of benzene rings is 2. The standard InChI is InChI=1S/C23H29ClN2O3/c1-3-15-25-23(28)18(2)26(17-19-8-5-4-6-9-19)22(27)10-7-16-29-21-13-11-20(24)12-14-21/h4-6,8-9,11-14,18H,3,7,10,15-17H2,1-2H3,(H,25,28)/t18-/m0/s1. The molecule has 2 rings (SSSR count). The minimum Gasteiger partial charge on any atom is -0.494 e. The van der Waals surface area contributed by atoms with Gasteiger partial charge in [-0.25, -0.2) is 0 Å². The quantitative estimate of drug-likeness (QED) is 0.551. The third-order valence-corrected chi connectivity index (χ3v) is 4.78. The summed E-state index contributed by atoms with van der Waals surface area (Å²) >= 11 is 5.86. The lowest BCUT2D eigenvalue weighted by atomic mass is 10.1. The Kier molecular flexibility index (Phi) is 9.51. The molecule has 0 heterocycles. The van der Waals surface area contributed by atoms with Crippen LogP contribution in [-0.2, 0) is 16.1 Å². The average molecular weight is 417 g/mol. The first-order valence-electron chi connectivity index (χ1n) is 10.0. The van der Waals surface area contributed by atoms with Gasteiger partial charge in [0.1, 0.15) is 11.8 Å². The number of hydrogen-bond donors (Lipinski definition) is 1. The largest absolute Gasteiger partial charge is 0.494 e. The Balaban J connectivity index is 1.93. The zero-order chi connectivity index (χ0) is 21.1. The molecule has 0 fully saturated rings. The molecule has 0 bridgehead atoms. The summed E-state index contributed by atoms with van der Waals surface area (Å²) in [5.74, 6) is 0.525. The van der Waals surface area contributed by atoms with E-state index in [-0.39, 0.29) is 11.8 Å². The maximum Gasteiger partial charge on any atom is 0.242 e. The minimum absolute atomic E-state index is 0.0623. The summed E-state index contributed by atoms with van der Waals surface area (Å²) in [6, 6.07) is 16.3. The van der Waals surface area contributed by atoms with Crippen LogP contribution in [0, 0.1) is 0 Å². The molecule has 29 heavy (non-hydrogen) atoms. The first-order chi connectivity index (χ1) is 14.0. The lowest BCUT2D eigenvalue weighted by molar-refractivity contribution is -0.140. The van der Waals surface area contributed by atoms with E-state index < -0.39 is 6.04 Å². The van der Waals surface area contributed by atoms with Crippen molar-refractivity contribution in [3.8, 4) is 5.75 Å². The second-order valence-corrected chi connectivity index (χ2v) is 7.32. The van der Waals surface area contributed by atoms with E-state index in [1.54, 1.807) is 36.1 Å². The summed E-state index contributed by atoms with van der Waals surface area (Å²) in [5.41, 5.74) is 0.994. The summed E-state index contributed by atoms with van der Waals surface area (Å²) in [4.78, 5) is 27.0. The molecule has 1 atom stereocenters. The molecule has 0 aliphatic rings. The van der Waals surface area contributed by atoms with Gasteiger partial charge in [0.2, 0.25) is 11.8 Å². The molecule has 6 heteroatoms. The van der Waals surface area contributed by atoms with Crippen molar-refractivity contribution < 1.29 is 14.3 Å². The number of hydrogen-bond acceptors (Lipinski definition) is 3. The van der Waals surface area contributed by atoms with E-state index >= 15 is 0 Å². The van der Waals surface area contributed by atoms with Crippen LogP contribution in [0.1, 0.15) is 38.7 Å². The molecule has 2 aromatic rings. The zero-order valence-corrected chi connectivity index (χ0v) is 17.8. The molecule has 0 aliphatic heterocycles. The van der Waals surface area contributed by atoms with Crippen LogP contribution in [0.15, 0.2) is 54.6 Å². The zero-order valence-electron chi connectivity index (χ0n) is 17.1. The van der Waals surface area contributed by atoms with Crippen LogP contribution in [0.2, 0.25) is 5.02 Å². The predicted molar refractivity (Wildman–Crippen MR) is 116 cm³/mol. The topological polar surface area (TPSA) is 58.6 Å². The summed E-state index contributed by atoms with van der Waals surface area (Å²) in [7, 11) is 0. The van der Waals surface area contributed by atoms with Crippen molar-refractivity contribution in [1.82, 2.24) is 10.2 Å². The van der Waals surface area contributed by atoms with E-state index in [0.29, 0.717) is 37.6 Å². The van der Waals surface area contributed by atoms with Crippen molar-refractivity contribution in [2.24, 2.45) is 0 Å². The number of rotatable bonds is 11. The Morgan fingerprint density at radius 1 is 1.10 bits per heavy atom. The molecular formula is C23H29ClN2O3. The number of nitrogens with one attached hydrogen (secondary N) is 1. The van der Waals surface area contributed by atoms with Gasteiger partial charge in [-0.15, -0.1) is 0 Å². The van der Waals surface area contributed by atoms with Crippen molar-refractivity contribution in [1.29, 1.82) is 0 Å². The molecular weight excluding hydrogens is 388 g/mol. The maximum atomic E-state index is 12.9. The van der Waals surface area contributed by atoms with Gasteiger partial charge in [0.15, 0.2) is 0 Å². The first kappa shape index (κ1) is 22.8. The molecule has 0 aliphatic carbocycles. The molecule has 2 aromatic carbocycles. The van der Waals surface area contributed by atoms with Gasteiger partial charge in [-0.3, -0.25) is 9.59 Å². The second-order valence-electron chi connectivity index (χ2n) is 6.88. The highest BCUT2D eigenvalue weighted by molar-refractivity contribution is 6.30. The Bertz CT molecular complexity index is 765. The Morgan fingerprint density at radius 2 is 1.79 bits per heavy atom. The van der Waals surface area contributed by atoms with Gasteiger partial charge in [-0.1, -0.05) is 48.9 Å². The van der Waals surface area contributed by atoms with Crippen LogP contribution in [0.4, 0.5) is 0 Å². The summed E-state index contributed by atoms with van der Waals surface area (Å²) in [5, 5.41) is 3.53. The Morgan fingerprint density at radius 3 is 2.45 bits per heavy atom. The monoisotopic (exact) mass is 416 g/mol. The summed E-state index contributed by atoms with van der Waals surface area (Å²) in [6.07, 6.45) is 1.73. The Hall–Kier alpha value is -2.53. The SMILES string of the molecule is CCCNC(=O)[C@H](C)N(Cc1ccccc1)C(=O)CCCOc1ccc(Cl)cc1. The molecule has 0 spiro atoms. The predicted octanol–water partition coefficient (Wildman–Crippen LogP) is 4.44. The molecule has 0 aromatic heterocycles. The fourth-order valence-electron chi connectivity index (χ4n) is 2.85. The van der Waals surface area contributed by atoms with E-state index in [9.17, 15) is 9.59 Å². The van der Waals surface area contributed by atoms with E-state index in [1.165, 1.54) is 0 Å². The molecule has 0 saturated carbocycles. The van der Waals surface area contributed by atoms with E-state index in [2.05, 4.69) is 5.32 Å². The van der Waals surface area contributed by atoms with Crippen molar-refractivity contribution >= 4 is 23.4 Å². The Labute approximate surface area is 178 Å². The van der Waals surface area contributed by atoms with Gasteiger partial charge in [0.05, 0.1) is 6.61 Å². The van der Waals surface area contributed by atoms with Gasteiger partial charge >= 0.3 is 0 Å². The third kappa shape index (κ3) is 7.78. The van der Waals surface area contributed by atoms with Crippen LogP contribution in [-0.4, -0.2) is 35.9 Å². The van der Waals surface area contributed by atoms with Crippen molar-refractivity contribution in [3.05, 3.63) is 65.2 Å². The number of ether oxygens (including phenoxy) is 1. The van der Waals surface area contributed by atoms with Crippen LogP contribution in [0.5, 0.6) is 5.75 Å². The average Bonchev–Trinajstić information content (AvgIpc) is 2.74. The summed E-state index contributed by atoms with van der Waals surface area (Å²) in [6.45, 7) is 5.20. The number of amides is 2. The molecule has 5 nitrogen and oxygen atoms in total. The first-order valence-corrected chi connectivity index (χ1v) is 10.4. The van der Waals surface area contributed by atoms with Gasteiger partial charge in [-0.05, 0) is 49.6 Å². The van der Waals surface area contributed by atoms with Crippen LogP contribution in [0.25, 0.3) is 0 Å².